The average molecular weight is 350 g/mol. The summed E-state index contributed by atoms with van der Waals surface area (Å²) < 4.78 is 9.91. The normalized spacial score (nSPS) is 13.1. The number of ketones is 1. The number of allylic oxidation sites excluding steroid dienone is 5. The van der Waals surface area contributed by atoms with Crippen molar-refractivity contribution in [2.75, 3.05) is 14.2 Å². The Morgan fingerprint density at radius 2 is 1.52 bits per heavy atom. The van der Waals surface area contributed by atoms with Crippen LogP contribution in [0.4, 0.5) is 0 Å². The molecule has 0 aromatic rings. The Kier molecular flexibility index (Phi) is 16.0. The summed E-state index contributed by atoms with van der Waals surface area (Å²) in [6, 6.07) is 0. The fourth-order valence-corrected chi connectivity index (χ4v) is 2.34. The van der Waals surface area contributed by atoms with Crippen molar-refractivity contribution in [3.05, 3.63) is 36.5 Å². The van der Waals surface area contributed by atoms with Crippen LogP contribution in [0.2, 0.25) is 0 Å². The van der Waals surface area contributed by atoms with Crippen LogP contribution in [0, 0.1) is 0 Å². The van der Waals surface area contributed by atoms with Crippen LogP contribution in [-0.2, 0) is 19.1 Å². The molecule has 1 unspecified atom stereocenters. The van der Waals surface area contributed by atoms with E-state index in [4.69, 9.17) is 4.74 Å². The van der Waals surface area contributed by atoms with E-state index in [0.717, 1.165) is 44.9 Å². The highest BCUT2D eigenvalue weighted by Gasteiger charge is 2.00. The van der Waals surface area contributed by atoms with E-state index >= 15 is 0 Å². The Morgan fingerprint density at radius 1 is 0.880 bits per heavy atom. The molecule has 25 heavy (non-hydrogen) atoms. The Morgan fingerprint density at radius 3 is 2.16 bits per heavy atom. The summed E-state index contributed by atoms with van der Waals surface area (Å²) in [5.74, 6) is 0.00950. The Hall–Kier alpha value is -1.68. The van der Waals surface area contributed by atoms with Crippen molar-refractivity contribution in [1.82, 2.24) is 0 Å². The highest BCUT2D eigenvalue weighted by atomic mass is 16.5. The number of unbranched alkanes of at least 4 members (excludes halogenated alkanes) is 4. The minimum absolute atomic E-state index is 0.147. The molecule has 0 aliphatic rings. The van der Waals surface area contributed by atoms with Crippen LogP contribution in [0.3, 0.4) is 0 Å². The van der Waals surface area contributed by atoms with E-state index in [1.54, 1.807) is 19.3 Å². The number of esters is 1. The predicted molar refractivity (Wildman–Crippen MR) is 102 cm³/mol. The molecule has 0 rings (SSSR count). The van der Waals surface area contributed by atoms with Gasteiger partial charge in [0.05, 0.1) is 13.2 Å². The summed E-state index contributed by atoms with van der Waals surface area (Å²) in [7, 11) is 3.13. The third-order valence-electron chi connectivity index (χ3n) is 3.85. The van der Waals surface area contributed by atoms with Gasteiger partial charge >= 0.3 is 5.97 Å². The second-order valence-corrected chi connectivity index (χ2v) is 6.00. The standard InChI is InChI=1S/C21H34O4/c1-4-14-20(24-2)17-12-9-8-11-16-19(22)15-10-6-5-7-13-18-21(23)25-3/h8-9,11-12,16-17,20H,4-7,10,13-15,18H2,1-3H3. The smallest absolute Gasteiger partial charge is 0.305 e. The summed E-state index contributed by atoms with van der Waals surface area (Å²) in [5, 5.41) is 0. The topological polar surface area (TPSA) is 52.6 Å². The van der Waals surface area contributed by atoms with Crippen LogP contribution in [0.1, 0.15) is 64.7 Å². The molecule has 0 spiro atoms. The van der Waals surface area contributed by atoms with Crippen LogP contribution in [0.5, 0.6) is 0 Å². The molecule has 0 aromatic carbocycles. The van der Waals surface area contributed by atoms with Crippen molar-refractivity contribution < 1.29 is 19.1 Å². The van der Waals surface area contributed by atoms with Crippen molar-refractivity contribution >= 4 is 11.8 Å². The van der Waals surface area contributed by atoms with Crippen LogP contribution in [0.15, 0.2) is 36.5 Å². The highest BCUT2D eigenvalue weighted by molar-refractivity contribution is 5.89. The number of carbonyl (C=O) groups excluding carboxylic acids is 2. The van der Waals surface area contributed by atoms with Crippen molar-refractivity contribution in [2.45, 2.75) is 70.8 Å². The summed E-state index contributed by atoms with van der Waals surface area (Å²) in [5.41, 5.74) is 0. The summed E-state index contributed by atoms with van der Waals surface area (Å²) >= 11 is 0. The molecule has 0 heterocycles. The number of carbonyl (C=O) groups is 2. The zero-order valence-electron chi connectivity index (χ0n) is 16.0. The summed E-state index contributed by atoms with van der Waals surface area (Å²) in [6.45, 7) is 2.13. The first-order valence-corrected chi connectivity index (χ1v) is 9.28. The van der Waals surface area contributed by atoms with E-state index in [1.165, 1.54) is 7.11 Å². The van der Waals surface area contributed by atoms with Crippen LogP contribution in [-0.4, -0.2) is 32.1 Å². The Balaban J connectivity index is 3.71. The number of methoxy groups -OCH3 is 2. The van der Waals surface area contributed by atoms with Crippen molar-refractivity contribution in [3.8, 4) is 0 Å². The molecular weight excluding hydrogens is 316 g/mol. The minimum Gasteiger partial charge on any atom is -0.469 e. The van der Waals surface area contributed by atoms with Gasteiger partial charge in [-0.2, -0.15) is 0 Å². The first-order valence-electron chi connectivity index (χ1n) is 9.28. The second kappa shape index (κ2) is 17.2. The van der Waals surface area contributed by atoms with E-state index in [0.29, 0.717) is 12.8 Å². The zero-order chi connectivity index (χ0) is 18.8. The van der Waals surface area contributed by atoms with Gasteiger partial charge in [-0.25, -0.2) is 0 Å². The second-order valence-electron chi connectivity index (χ2n) is 6.00. The number of hydrogen-bond donors (Lipinski definition) is 0. The molecule has 0 amide bonds. The molecule has 0 bridgehead atoms. The zero-order valence-corrected chi connectivity index (χ0v) is 16.0. The Bertz CT molecular complexity index is 435. The van der Waals surface area contributed by atoms with E-state index in [-0.39, 0.29) is 17.9 Å². The molecule has 0 fully saturated rings. The molecule has 0 aliphatic heterocycles. The third kappa shape index (κ3) is 15.6. The van der Waals surface area contributed by atoms with Crippen molar-refractivity contribution in [1.29, 1.82) is 0 Å². The summed E-state index contributed by atoms with van der Waals surface area (Å²) in [4.78, 5) is 22.7. The maximum absolute atomic E-state index is 11.7. The van der Waals surface area contributed by atoms with Gasteiger partial charge in [-0.1, -0.05) is 63.0 Å². The van der Waals surface area contributed by atoms with Crippen molar-refractivity contribution in [3.63, 3.8) is 0 Å². The molecule has 0 aliphatic carbocycles. The third-order valence-corrected chi connectivity index (χ3v) is 3.85. The molecule has 0 aromatic heterocycles. The fraction of sp³-hybridized carbons (Fsp3) is 0.619. The lowest BCUT2D eigenvalue weighted by Gasteiger charge is -2.07. The molecule has 0 radical (unpaired) electrons. The lowest BCUT2D eigenvalue weighted by Crippen LogP contribution is -2.05. The maximum Gasteiger partial charge on any atom is 0.305 e. The van der Waals surface area contributed by atoms with Crippen molar-refractivity contribution in [2.24, 2.45) is 0 Å². The Labute approximate surface area is 153 Å². The van der Waals surface area contributed by atoms with Gasteiger partial charge in [0, 0.05) is 20.0 Å². The molecule has 4 heteroatoms. The van der Waals surface area contributed by atoms with Gasteiger partial charge in [-0.15, -0.1) is 0 Å². The van der Waals surface area contributed by atoms with Crippen LogP contribution in [0.25, 0.3) is 0 Å². The van der Waals surface area contributed by atoms with Gasteiger partial charge in [0.1, 0.15) is 0 Å². The minimum atomic E-state index is -0.147. The molecule has 0 N–H and O–H groups in total. The molecule has 4 nitrogen and oxygen atoms in total. The molecule has 1 atom stereocenters. The van der Waals surface area contributed by atoms with Gasteiger partial charge in [0.25, 0.3) is 0 Å². The lowest BCUT2D eigenvalue weighted by atomic mass is 10.1. The van der Waals surface area contributed by atoms with Gasteiger partial charge in [-0.3, -0.25) is 9.59 Å². The first-order chi connectivity index (χ1) is 12.1. The first kappa shape index (κ1) is 23.3. The monoisotopic (exact) mass is 350 g/mol. The van der Waals surface area contributed by atoms with E-state index in [9.17, 15) is 9.59 Å². The average Bonchev–Trinajstić information content (AvgIpc) is 2.62. The molecule has 142 valence electrons. The molecule has 0 saturated carbocycles. The van der Waals surface area contributed by atoms with E-state index in [2.05, 4.69) is 11.7 Å². The van der Waals surface area contributed by atoms with Crippen LogP contribution >= 0.6 is 0 Å². The largest absolute Gasteiger partial charge is 0.469 e. The quantitative estimate of drug-likeness (QED) is 0.182. The van der Waals surface area contributed by atoms with Gasteiger partial charge < -0.3 is 9.47 Å². The number of ether oxygens (including phenoxy) is 2. The maximum atomic E-state index is 11.7. The molecule has 0 saturated heterocycles. The predicted octanol–water partition coefficient (Wildman–Crippen LogP) is 4.94. The SMILES string of the molecule is CCCC(C=CC=CC=CC(=O)CCCCCCCC(=O)OC)OC. The molecular formula is C21H34O4. The highest BCUT2D eigenvalue weighted by Crippen LogP contribution is 2.08. The summed E-state index contributed by atoms with van der Waals surface area (Å²) in [6.07, 6.45) is 19.3. The fourth-order valence-electron chi connectivity index (χ4n) is 2.34. The number of hydrogen-bond acceptors (Lipinski definition) is 4. The van der Waals surface area contributed by atoms with Gasteiger partial charge in [0.15, 0.2) is 5.78 Å². The number of rotatable bonds is 15. The van der Waals surface area contributed by atoms with E-state index in [1.807, 2.05) is 24.3 Å². The van der Waals surface area contributed by atoms with E-state index < -0.39 is 0 Å². The lowest BCUT2D eigenvalue weighted by molar-refractivity contribution is -0.140. The van der Waals surface area contributed by atoms with Gasteiger partial charge in [0.2, 0.25) is 0 Å². The van der Waals surface area contributed by atoms with Crippen LogP contribution < -0.4 is 0 Å². The van der Waals surface area contributed by atoms with Gasteiger partial charge in [-0.05, 0) is 25.3 Å².